The molecule has 9 nitrogen and oxygen atoms in total. The molecule has 0 unspecified atom stereocenters. The average molecular weight is 423 g/mol. The Balaban J connectivity index is 2.33. The van der Waals surface area contributed by atoms with E-state index in [-0.39, 0.29) is 22.8 Å². The number of sulfonamides is 1. The highest BCUT2D eigenvalue weighted by atomic mass is 32.2. The summed E-state index contributed by atoms with van der Waals surface area (Å²) >= 11 is 0. The highest BCUT2D eigenvalue weighted by Gasteiger charge is 2.24. The van der Waals surface area contributed by atoms with Crippen molar-refractivity contribution in [1.29, 1.82) is 0 Å². The molecule has 158 valence electrons. The number of hydrogen-bond acceptors (Lipinski definition) is 6. The first-order chi connectivity index (χ1) is 13.5. The Morgan fingerprint density at radius 1 is 1.07 bits per heavy atom. The van der Waals surface area contributed by atoms with E-state index < -0.39 is 27.2 Å². The lowest BCUT2D eigenvalue weighted by molar-refractivity contribution is 0.0461. The van der Waals surface area contributed by atoms with Crippen LogP contribution in [-0.4, -0.2) is 40.9 Å². The minimum atomic E-state index is -3.73. The number of aryl methyl sites for hydroxylation is 1. The van der Waals surface area contributed by atoms with Crippen molar-refractivity contribution in [2.24, 2.45) is 14.1 Å². The van der Waals surface area contributed by atoms with Crippen molar-refractivity contribution in [2.45, 2.75) is 32.3 Å². The summed E-state index contributed by atoms with van der Waals surface area (Å²) in [4.78, 5) is 36.3. The summed E-state index contributed by atoms with van der Waals surface area (Å²) in [5.74, 6) is -0.743. The van der Waals surface area contributed by atoms with Gasteiger partial charge < -0.3 is 4.74 Å². The lowest BCUT2D eigenvalue weighted by atomic mass is 10.1. The number of carbonyl (C=O) groups excluding carboxylic acids is 1. The normalized spacial score (nSPS) is 11.7. The number of nitrogens with zero attached hydrogens (tertiary/aromatic N) is 3. The Labute approximate surface area is 169 Å². The lowest BCUT2D eigenvalue weighted by Crippen LogP contribution is -2.38. The van der Waals surface area contributed by atoms with Crippen LogP contribution < -0.4 is 11.2 Å². The molecule has 0 bridgehead atoms. The fourth-order valence-corrected chi connectivity index (χ4v) is 4.31. The molecule has 1 aromatic heterocycles. The third-order valence-electron chi connectivity index (χ3n) is 4.75. The highest BCUT2D eigenvalue weighted by molar-refractivity contribution is 7.89. The number of esters is 1. The molecule has 0 radical (unpaired) electrons. The van der Waals surface area contributed by atoms with Crippen LogP contribution in [0.5, 0.6) is 0 Å². The fraction of sp³-hybridized carbons (Fsp3) is 0.421. The Hall–Kier alpha value is -2.72. The highest BCUT2D eigenvalue weighted by Crippen LogP contribution is 2.20. The second-order valence-electron chi connectivity index (χ2n) is 6.52. The molecule has 0 N–H and O–H groups in total. The largest absolute Gasteiger partial charge is 0.456 e. The van der Waals surface area contributed by atoms with E-state index in [9.17, 15) is 22.8 Å². The van der Waals surface area contributed by atoms with Gasteiger partial charge in [-0.1, -0.05) is 19.9 Å². The fourth-order valence-electron chi connectivity index (χ4n) is 2.83. The van der Waals surface area contributed by atoms with Crippen LogP contribution in [0.2, 0.25) is 0 Å². The standard InChI is InChI=1S/C19H25N3O6S/c1-6-22(7-2)29(26,27)15-9-8-13(3)16(11-15)18(24)28-12-14-10-17(23)21(5)19(25)20(14)4/h8-11H,6-7,12H2,1-5H3. The predicted octanol–water partition coefficient (Wildman–Crippen LogP) is 0.780. The summed E-state index contributed by atoms with van der Waals surface area (Å²) in [6.45, 7) is 5.45. The average Bonchev–Trinajstić information content (AvgIpc) is 2.68. The molecule has 0 aliphatic rings. The minimum absolute atomic E-state index is 0.000250. The van der Waals surface area contributed by atoms with Gasteiger partial charge >= 0.3 is 11.7 Å². The first kappa shape index (κ1) is 22.6. The second-order valence-corrected chi connectivity index (χ2v) is 8.45. The third-order valence-corrected chi connectivity index (χ3v) is 6.79. The lowest BCUT2D eigenvalue weighted by Gasteiger charge is -2.19. The van der Waals surface area contributed by atoms with Crippen molar-refractivity contribution in [1.82, 2.24) is 13.4 Å². The van der Waals surface area contributed by atoms with Gasteiger partial charge in [0.25, 0.3) is 5.56 Å². The molecule has 0 aliphatic carbocycles. The van der Waals surface area contributed by atoms with Crippen molar-refractivity contribution < 1.29 is 17.9 Å². The maximum absolute atomic E-state index is 12.7. The van der Waals surface area contributed by atoms with Crippen LogP contribution in [0.15, 0.2) is 38.8 Å². The molecule has 0 aliphatic heterocycles. The van der Waals surface area contributed by atoms with Gasteiger partial charge in [0.15, 0.2) is 0 Å². The van der Waals surface area contributed by atoms with Gasteiger partial charge in [0.05, 0.1) is 16.2 Å². The Bertz CT molecular complexity index is 1140. The topological polar surface area (TPSA) is 108 Å². The number of rotatable bonds is 7. The van der Waals surface area contributed by atoms with E-state index in [0.717, 1.165) is 4.57 Å². The van der Waals surface area contributed by atoms with Gasteiger partial charge in [-0.3, -0.25) is 13.9 Å². The third kappa shape index (κ3) is 4.48. The van der Waals surface area contributed by atoms with Crippen molar-refractivity contribution >= 4 is 16.0 Å². The number of aromatic nitrogens is 2. The van der Waals surface area contributed by atoms with E-state index in [0.29, 0.717) is 18.7 Å². The summed E-state index contributed by atoms with van der Waals surface area (Å²) in [5.41, 5.74) is -0.163. The van der Waals surface area contributed by atoms with Gasteiger partial charge in [-0.2, -0.15) is 4.31 Å². The van der Waals surface area contributed by atoms with Gasteiger partial charge in [-0.05, 0) is 24.6 Å². The maximum Gasteiger partial charge on any atom is 0.338 e. The van der Waals surface area contributed by atoms with E-state index in [1.165, 1.54) is 41.2 Å². The van der Waals surface area contributed by atoms with E-state index in [1.807, 2.05) is 0 Å². The summed E-state index contributed by atoms with van der Waals surface area (Å²) in [5, 5.41) is 0. The van der Waals surface area contributed by atoms with E-state index >= 15 is 0 Å². The van der Waals surface area contributed by atoms with Crippen LogP contribution >= 0.6 is 0 Å². The first-order valence-corrected chi connectivity index (χ1v) is 10.5. The molecule has 1 aromatic carbocycles. The quantitative estimate of drug-likeness (QED) is 0.609. The zero-order chi connectivity index (χ0) is 21.9. The van der Waals surface area contributed by atoms with Crippen molar-refractivity contribution in [3.05, 3.63) is 61.9 Å². The summed E-state index contributed by atoms with van der Waals surface area (Å²) in [6.07, 6.45) is 0. The van der Waals surface area contributed by atoms with Crippen LogP contribution in [-0.2, 0) is 35.5 Å². The molecule has 0 atom stereocenters. The smallest absolute Gasteiger partial charge is 0.338 e. The molecule has 2 rings (SSSR count). The molecule has 2 aromatic rings. The van der Waals surface area contributed by atoms with Gasteiger partial charge in [0.2, 0.25) is 10.0 Å². The van der Waals surface area contributed by atoms with Crippen LogP contribution in [0.3, 0.4) is 0 Å². The zero-order valence-electron chi connectivity index (χ0n) is 17.1. The van der Waals surface area contributed by atoms with Crippen molar-refractivity contribution in [2.75, 3.05) is 13.1 Å². The zero-order valence-corrected chi connectivity index (χ0v) is 17.9. The SMILES string of the molecule is CCN(CC)S(=O)(=O)c1ccc(C)c(C(=O)OCc2cc(=O)n(C)c(=O)n2C)c1. The predicted molar refractivity (Wildman–Crippen MR) is 107 cm³/mol. The van der Waals surface area contributed by atoms with Gasteiger partial charge in [-0.15, -0.1) is 0 Å². The van der Waals surface area contributed by atoms with Gasteiger partial charge in [-0.25, -0.2) is 18.0 Å². The number of hydrogen-bond donors (Lipinski definition) is 0. The first-order valence-electron chi connectivity index (χ1n) is 9.08. The van der Waals surface area contributed by atoms with Crippen molar-refractivity contribution in [3.8, 4) is 0 Å². The number of ether oxygens (including phenoxy) is 1. The summed E-state index contributed by atoms with van der Waals surface area (Å²) in [6, 6.07) is 5.49. The monoisotopic (exact) mass is 423 g/mol. The van der Waals surface area contributed by atoms with Gasteiger partial charge in [0.1, 0.15) is 6.61 Å². The van der Waals surface area contributed by atoms with Crippen LogP contribution in [0, 0.1) is 6.92 Å². The van der Waals surface area contributed by atoms with Gasteiger partial charge in [0, 0.05) is 33.3 Å². The molecule has 0 spiro atoms. The Kier molecular flexibility index (Phi) is 6.81. The molecule has 0 fully saturated rings. The van der Waals surface area contributed by atoms with E-state index in [1.54, 1.807) is 26.8 Å². The maximum atomic E-state index is 12.7. The number of benzene rings is 1. The molecule has 29 heavy (non-hydrogen) atoms. The van der Waals surface area contributed by atoms with E-state index in [4.69, 9.17) is 4.74 Å². The van der Waals surface area contributed by atoms with Crippen molar-refractivity contribution in [3.63, 3.8) is 0 Å². The Morgan fingerprint density at radius 3 is 2.28 bits per heavy atom. The molecule has 0 saturated heterocycles. The Morgan fingerprint density at radius 2 is 1.69 bits per heavy atom. The second kappa shape index (κ2) is 8.75. The molecular weight excluding hydrogens is 398 g/mol. The molecule has 0 saturated carbocycles. The summed E-state index contributed by atoms with van der Waals surface area (Å²) < 4.78 is 34.1. The van der Waals surface area contributed by atoms with Crippen LogP contribution in [0.4, 0.5) is 0 Å². The number of carbonyl (C=O) groups is 1. The summed E-state index contributed by atoms with van der Waals surface area (Å²) in [7, 11) is -0.909. The van der Waals surface area contributed by atoms with Crippen LogP contribution in [0.25, 0.3) is 0 Å². The van der Waals surface area contributed by atoms with Crippen LogP contribution in [0.1, 0.15) is 35.5 Å². The molecule has 0 amide bonds. The molecular formula is C19H25N3O6S. The molecule has 1 heterocycles. The molecule has 10 heteroatoms. The minimum Gasteiger partial charge on any atom is -0.456 e. The van der Waals surface area contributed by atoms with E-state index in [2.05, 4.69) is 0 Å².